The zero-order chi connectivity index (χ0) is 13.3. The molecule has 0 aliphatic carbocycles. The van der Waals surface area contributed by atoms with E-state index < -0.39 is 6.43 Å². The number of nitrogens with one attached hydrogen (secondary N) is 1. The van der Waals surface area contributed by atoms with Crippen molar-refractivity contribution in [1.29, 1.82) is 0 Å². The van der Waals surface area contributed by atoms with Crippen molar-refractivity contribution in [3.8, 4) is 16.9 Å². The molecule has 0 aliphatic heterocycles. The molecular formula is C12H13F2N3O. The van der Waals surface area contributed by atoms with E-state index in [2.05, 4.69) is 10.2 Å². The van der Waals surface area contributed by atoms with E-state index in [0.29, 0.717) is 22.5 Å². The molecule has 0 unspecified atom stereocenters. The Morgan fingerprint density at radius 2 is 2.06 bits per heavy atom. The molecule has 0 bridgehead atoms. The smallest absolute Gasteiger partial charge is 0.267 e. The third-order valence-corrected chi connectivity index (χ3v) is 2.66. The van der Waals surface area contributed by atoms with Crippen LogP contribution in [0.15, 0.2) is 18.3 Å². The fourth-order valence-electron chi connectivity index (χ4n) is 1.90. The largest absolute Gasteiger partial charge is 0.496 e. The number of nitrogen functional groups attached to an aromatic ring is 1. The lowest BCUT2D eigenvalue weighted by atomic mass is 10.0. The van der Waals surface area contributed by atoms with Gasteiger partial charge in [0, 0.05) is 11.1 Å². The van der Waals surface area contributed by atoms with Crippen LogP contribution in [0.2, 0.25) is 0 Å². The second-order valence-electron chi connectivity index (χ2n) is 3.93. The first kappa shape index (κ1) is 12.3. The maximum absolute atomic E-state index is 13.0. The summed E-state index contributed by atoms with van der Waals surface area (Å²) >= 11 is 0. The summed E-state index contributed by atoms with van der Waals surface area (Å²) < 4.78 is 31.1. The Hall–Kier alpha value is -2.11. The minimum atomic E-state index is -2.60. The summed E-state index contributed by atoms with van der Waals surface area (Å²) in [7, 11) is 1.36. The van der Waals surface area contributed by atoms with Crippen molar-refractivity contribution in [2.75, 3.05) is 12.8 Å². The van der Waals surface area contributed by atoms with Crippen molar-refractivity contribution in [3.05, 3.63) is 29.5 Å². The Morgan fingerprint density at radius 1 is 1.33 bits per heavy atom. The Labute approximate surface area is 103 Å². The van der Waals surface area contributed by atoms with E-state index >= 15 is 0 Å². The number of hydrogen-bond acceptors (Lipinski definition) is 3. The number of benzene rings is 1. The number of nitrogens with zero attached hydrogens (tertiary/aromatic N) is 1. The van der Waals surface area contributed by atoms with Crippen LogP contribution in [0.25, 0.3) is 11.1 Å². The predicted octanol–water partition coefficient (Wildman–Crippen LogP) is 2.91. The van der Waals surface area contributed by atoms with Crippen molar-refractivity contribution in [2.45, 2.75) is 13.3 Å². The van der Waals surface area contributed by atoms with Crippen LogP contribution in [0, 0.1) is 6.92 Å². The van der Waals surface area contributed by atoms with Gasteiger partial charge in [0.05, 0.1) is 18.9 Å². The molecule has 96 valence electrons. The number of ether oxygens (including phenoxy) is 1. The van der Waals surface area contributed by atoms with Crippen LogP contribution in [0.3, 0.4) is 0 Å². The van der Waals surface area contributed by atoms with Gasteiger partial charge in [0.15, 0.2) is 0 Å². The van der Waals surface area contributed by atoms with E-state index in [1.807, 2.05) is 0 Å². The predicted molar refractivity (Wildman–Crippen MR) is 64.7 cm³/mol. The Kier molecular flexibility index (Phi) is 3.18. The average molecular weight is 253 g/mol. The van der Waals surface area contributed by atoms with Gasteiger partial charge in [-0.2, -0.15) is 5.10 Å². The number of aryl methyl sites for hydroxylation is 1. The van der Waals surface area contributed by atoms with Gasteiger partial charge in [-0.05, 0) is 24.6 Å². The third kappa shape index (κ3) is 2.01. The van der Waals surface area contributed by atoms with Gasteiger partial charge < -0.3 is 10.5 Å². The number of aromatic nitrogens is 2. The fraction of sp³-hybridized carbons (Fsp3) is 0.250. The second kappa shape index (κ2) is 4.64. The maximum Gasteiger partial charge on any atom is 0.267 e. The summed E-state index contributed by atoms with van der Waals surface area (Å²) in [6.07, 6.45) is -1.12. The highest BCUT2D eigenvalue weighted by atomic mass is 19.3. The van der Waals surface area contributed by atoms with Gasteiger partial charge in [-0.1, -0.05) is 0 Å². The number of anilines is 1. The van der Waals surface area contributed by atoms with Crippen LogP contribution in [0.5, 0.6) is 5.75 Å². The summed E-state index contributed by atoms with van der Waals surface area (Å²) in [5.74, 6) is 0.447. The number of rotatable bonds is 3. The topological polar surface area (TPSA) is 63.9 Å². The summed E-state index contributed by atoms with van der Waals surface area (Å²) in [6, 6.07) is 3.15. The lowest BCUT2D eigenvalue weighted by Gasteiger charge is -2.14. The van der Waals surface area contributed by atoms with Gasteiger partial charge in [-0.15, -0.1) is 0 Å². The van der Waals surface area contributed by atoms with Crippen molar-refractivity contribution in [3.63, 3.8) is 0 Å². The molecule has 1 aromatic carbocycles. The molecular weight excluding hydrogens is 240 g/mol. The van der Waals surface area contributed by atoms with Crippen LogP contribution in [0.4, 0.5) is 14.6 Å². The standard InChI is InChI=1S/C12H13F2N3O/c1-6-3-7(9-5-16-17-12(9)15)10(18-2)8(4-6)11(13)14/h3-5,11H,1-2H3,(H3,15,16,17). The molecule has 0 amide bonds. The molecule has 0 aliphatic rings. The highest BCUT2D eigenvalue weighted by Gasteiger charge is 2.20. The number of H-pyrrole nitrogens is 1. The molecule has 6 heteroatoms. The van der Waals surface area contributed by atoms with E-state index in [-0.39, 0.29) is 11.3 Å². The molecule has 0 saturated carbocycles. The van der Waals surface area contributed by atoms with E-state index in [1.54, 1.807) is 13.0 Å². The number of halogens is 2. The van der Waals surface area contributed by atoms with Crippen molar-refractivity contribution in [1.82, 2.24) is 10.2 Å². The van der Waals surface area contributed by atoms with Gasteiger partial charge in [0.1, 0.15) is 11.6 Å². The number of nitrogens with two attached hydrogens (primary N) is 1. The SMILES string of the molecule is COc1c(-c2cn[nH]c2N)cc(C)cc1C(F)F. The minimum Gasteiger partial charge on any atom is -0.496 e. The highest BCUT2D eigenvalue weighted by molar-refractivity contribution is 5.79. The van der Waals surface area contributed by atoms with E-state index in [4.69, 9.17) is 10.5 Å². The molecule has 3 N–H and O–H groups in total. The maximum atomic E-state index is 13.0. The van der Waals surface area contributed by atoms with Crippen molar-refractivity contribution >= 4 is 5.82 Å². The Bertz CT molecular complexity index is 566. The first-order valence-electron chi connectivity index (χ1n) is 5.30. The summed E-state index contributed by atoms with van der Waals surface area (Å²) in [5.41, 5.74) is 7.34. The Balaban J connectivity index is 2.70. The molecule has 1 heterocycles. The Morgan fingerprint density at radius 3 is 2.56 bits per heavy atom. The molecule has 4 nitrogen and oxygen atoms in total. The quantitative estimate of drug-likeness (QED) is 0.884. The van der Waals surface area contributed by atoms with E-state index in [9.17, 15) is 8.78 Å². The molecule has 0 atom stereocenters. The number of aromatic amines is 1. The van der Waals surface area contributed by atoms with Crippen LogP contribution in [-0.2, 0) is 0 Å². The summed E-state index contributed by atoms with van der Waals surface area (Å²) in [4.78, 5) is 0. The van der Waals surface area contributed by atoms with Crippen LogP contribution in [-0.4, -0.2) is 17.3 Å². The van der Waals surface area contributed by atoms with Gasteiger partial charge in [-0.3, -0.25) is 5.10 Å². The lowest BCUT2D eigenvalue weighted by Crippen LogP contribution is -1.98. The first-order valence-corrected chi connectivity index (χ1v) is 5.30. The van der Waals surface area contributed by atoms with Gasteiger partial charge in [-0.25, -0.2) is 8.78 Å². The normalized spacial score (nSPS) is 10.9. The molecule has 0 spiro atoms. The number of alkyl halides is 2. The van der Waals surface area contributed by atoms with E-state index in [0.717, 1.165) is 0 Å². The molecule has 2 rings (SSSR count). The third-order valence-electron chi connectivity index (χ3n) is 2.66. The minimum absolute atomic E-state index is 0.128. The summed E-state index contributed by atoms with van der Waals surface area (Å²) in [5, 5.41) is 6.36. The number of hydrogen-bond donors (Lipinski definition) is 2. The molecule has 0 saturated heterocycles. The fourth-order valence-corrected chi connectivity index (χ4v) is 1.90. The van der Waals surface area contributed by atoms with Crippen molar-refractivity contribution in [2.24, 2.45) is 0 Å². The first-order chi connectivity index (χ1) is 8.54. The lowest BCUT2D eigenvalue weighted by molar-refractivity contribution is 0.147. The van der Waals surface area contributed by atoms with Gasteiger partial charge >= 0.3 is 0 Å². The van der Waals surface area contributed by atoms with Gasteiger partial charge in [0.25, 0.3) is 6.43 Å². The van der Waals surface area contributed by atoms with Crippen LogP contribution < -0.4 is 10.5 Å². The molecule has 18 heavy (non-hydrogen) atoms. The van der Waals surface area contributed by atoms with E-state index in [1.165, 1.54) is 19.4 Å². The number of methoxy groups -OCH3 is 1. The second-order valence-corrected chi connectivity index (χ2v) is 3.93. The van der Waals surface area contributed by atoms with Gasteiger partial charge in [0.2, 0.25) is 0 Å². The average Bonchev–Trinajstić information content (AvgIpc) is 2.74. The highest BCUT2D eigenvalue weighted by Crippen LogP contribution is 2.40. The monoisotopic (exact) mass is 253 g/mol. The van der Waals surface area contributed by atoms with Crippen molar-refractivity contribution < 1.29 is 13.5 Å². The summed E-state index contributed by atoms with van der Waals surface area (Å²) in [6.45, 7) is 1.74. The molecule has 2 aromatic rings. The molecule has 0 radical (unpaired) electrons. The zero-order valence-corrected chi connectivity index (χ0v) is 10.00. The molecule has 0 fully saturated rings. The molecule has 1 aromatic heterocycles. The van der Waals surface area contributed by atoms with Crippen LogP contribution in [0.1, 0.15) is 17.6 Å². The zero-order valence-electron chi connectivity index (χ0n) is 10.00. The van der Waals surface area contributed by atoms with Crippen LogP contribution >= 0.6 is 0 Å².